The van der Waals surface area contributed by atoms with E-state index in [4.69, 9.17) is 18.6 Å². The Balaban J connectivity index is 0.000000814. The second-order valence-electron chi connectivity index (χ2n) is 5.64. The predicted molar refractivity (Wildman–Crippen MR) is 102 cm³/mol. The molecule has 1 aliphatic rings. The first-order valence-electron chi connectivity index (χ1n) is 8.52. The van der Waals surface area contributed by atoms with Crippen LogP contribution in [0.25, 0.3) is 32.7 Å². The normalized spacial score (nSPS) is 12.3. The average Bonchev–Trinajstić information content (AvgIpc) is 3.17. The Morgan fingerprint density at radius 2 is 1.81 bits per heavy atom. The fourth-order valence-electron chi connectivity index (χ4n) is 3.20. The third kappa shape index (κ3) is 2.28. The van der Waals surface area contributed by atoms with E-state index in [2.05, 4.69) is 0 Å². The summed E-state index contributed by atoms with van der Waals surface area (Å²) in [7, 11) is 1.56. The standard InChI is InChI=1S/C19H12O5.C2H6/c1-21-14-4-2-3-11-17(20)13-8-12-10(7-16(13)24-19(11)14)5-6-15-18(12)23-9-22-15;1-2/h2-8H,9H2,1H3;1-2H3. The molecule has 5 nitrogen and oxygen atoms in total. The molecule has 1 aromatic heterocycles. The zero-order chi connectivity index (χ0) is 18.3. The summed E-state index contributed by atoms with van der Waals surface area (Å²) in [5.41, 5.74) is 0.879. The highest BCUT2D eigenvalue weighted by molar-refractivity contribution is 6.03. The Morgan fingerprint density at radius 3 is 2.62 bits per heavy atom. The van der Waals surface area contributed by atoms with Crippen molar-refractivity contribution in [2.45, 2.75) is 13.8 Å². The van der Waals surface area contributed by atoms with Gasteiger partial charge in [-0.05, 0) is 35.7 Å². The van der Waals surface area contributed by atoms with Crippen molar-refractivity contribution in [2.24, 2.45) is 0 Å². The second kappa shape index (κ2) is 6.26. The van der Waals surface area contributed by atoms with Crippen molar-refractivity contribution >= 4 is 32.7 Å². The Kier molecular flexibility index (Phi) is 3.92. The molecule has 0 amide bonds. The number of hydrogen-bond donors (Lipinski definition) is 0. The molecule has 0 bridgehead atoms. The van der Waals surface area contributed by atoms with Gasteiger partial charge in [-0.3, -0.25) is 4.79 Å². The van der Waals surface area contributed by atoms with Crippen molar-refractivity contribution in [3.8, 4) is 17.2 Å². The van der Waals surface area contributed by atoms with Gasteiger partial charge < -0.3 is 18.6 Å². The molecule has 132 valence electrons. The van der Waals surface area contributed by atoms with Gasteiger partial charge in [0.1, 0.15) is 5.58 Å². The summed E-state index contributed by atoms with van der Waals surface area (Å²) < 4.78 is 22.2. The topological polar surface area (TPSA) is 57.9 Å². The molecule has 2 heterocycles. The molecular formula is C21H18O5. The molecule has 0 saturated carbocycles. The van der Waals surface area contributed by atoms with E-state index < -0.39 is 0 Å². The van der Waals surface area contributed by atoms with Gasteiger partial charge in [0.05, 0.1) is 17.9 Å². The zero-order valence-electron chi connectivity index (χ0n) is 14.8. The molecule has 0 aliphatic carbocycles. The number of ether oxygens (including phenoxy) is 3. The maximum atomic E-state index is 12.9. The van der Waals surface area contributed by atoms with E-state index in [-0.39, 0.29) is 12.2 Å². The molecule has 4 aromatic rings. The van der Waals surface area contributed by atoms with Gasteiger partial charge in [0.2, 0.25) is 12.2 Å². The Morgan fingerprint density at radius 1 is 0.962 bits per heavy atom. The van der Waals surface area contributed by atoms with Crippen molar-refractivity contribution in [1.82, 2.24) is 0 Å². The van der Waals surface area contributed by atoms with E-state index in [1.807, 2.05) is 38.1 Å². The quantitative estimate of drug-likeness (QED) is 0.459. The predicted octanol–water partition coefficient (Wildman–Crippen LogP) is 4.86. The number of para-hydroxylation sites is 1. The summed E-state index contributed by atoms with van der Waals surface area (Å²) in [6.07, 6.45) is 0. The highest BCUT2D eigenvalue weighted by Gasteiger charge is 2.19. The summed E-state index contributed by atoms with van der Waals surface area (Å²) in [5.74, 6) is 1.89. The van der Waals surface area contributed by atoms with Gasteiger partial charge >= 0.3 is 0 Å². The lowest BCUT2D eigenvalue weighted by molar-refractivity contribution is 0.175. The third-order valence-corrected chi connectivity index (χ3v) is 4.35. The minimum Gasteiger partial charge on any atom is -0.493 e. The van der Waals surface area contributed by atoms with Crippen LogP contribution in [-0.2, 0) is 0 Å². The fraction of sp³-hybridized carbons (Fsp3) is 0.190. The number of benzene rings is 3. The highest BCUT2D eigenvalue weighted by atomic mass is 16.7. The van der Waals surface area contributed by atoms with Crippen LogP contribution < -0.4 is 19.6 Å². The van der Waals surface area contributed by atoms with Crippen molar-refractivity contribution in [2.75, 3.05) is 13.9 Å². The van der Waals surface area contributed by atoms with Gasteiger partial charge in [-0.25, -0.2) is 0 Å². The summed E-state index contributed by atoms with van der Waals surface area (Å²) in [4.78, 5) is 12.9. The first kappa shape index (κ1) is 16.3. The lowest BCUT2D eigenvalue weighted by atomic mass is 10.0. The first-order chi connectivity index (χ1) is 12.8. The van der Waals surface area contributed by atoms with Crippen LogP contribution in [0.1, 0.15) is 13.8 Å². The lowest BCUT2D eigenvalue weighted by Gasteiger charge is -2.08. The van der Waals surface area contributed by atoms with E-state index >= 15 is 0 Å². The van der Waals surface area contributed by atoms with Crippen LogP contribution in [0.2, 0.25) is 0 Å². The van der Waals surface area contributed by atoms with Crippen LogP contribution in [-0.4, -0.2) is 13.9 Å². The van der Waals surface area contributed by atoms with E-state index in [9.17, 15) is 4.79 Å². The van der Waals surface area contributed by atoms with Crippen molar-refractivity contribution in [1.29, 1.82) is 0 Å². The van der Waals surface area contributed by atoms with Crippen molar-refractivity contribution in [3.63, 3.8) is 0 Å². The van der Waals surface area contributed by atoms with Crippen molar-refractivity contribution < 1.29 is 18.6 Å². The molecule has 1 aliphatic heterocycles. The van der Waals surface area contributed by atoms with E-state index in [1.54, 1.807) is 25.3 Å². The number of rotatable bonds is 1. The SMILES string of the molecule is CC.COc1cccc2c(=O)c3cc4c5c(ccc4cc3oc12)OCO5. The average molecular weight is 350 g/mol. The Bertz CT molecular complexity index is 1190. The molecule has 0 fully saturated rings. The molecule has 26 heavy (non-hydrogen) atoms. The maximum Gasteiger partial charge on any atom is 0.231 e. The smallest absolute Gasteiger partial charge is 0.231 e. The second-order valence-corrected chi connectivity index (χ2v) is 5.64. The van der Waals surface area contributed by atoms with Crippen LogP contribution in [0.4, 0.5) is 0 Å². The molecule has 0 spiro atoms. The van der Waals surface area contributed by atoms with Crippen LogP contribution >= 0.6 is 0 Å². The van der Waals surface area contributed by atoms with Crippen LogP contribution in [0.5, 0.6) is 17.2 Å². The van der Waals surface area contributed by atoms with Crippen LogP contribution in [0.15, 0.2) is 51.7 Å². The van der Waals surface area contributed by atoms with Gasteiger partial charge in [0.25, 0.3) is 0 Å². The Hall–Kier alpha value is -3.21. The number of methoxy groups -OCH3 is 1. The molecule has 3 aromatic carbocycles. The first-order valence-corrected chi connectivity index (χ1v) is 8.52. The fourth-order valence-corrected chi connectivity index (χ4v) is 3.20. The summed E-state index contributed by atoms with van der Waals surface area (Å²) >= 11 is 0. The number of fused-ring (bicyclic) bond motifs is 5. The van der Waals surface area contributed by atoms with Gasteiger partial charge in [-0.2, -0.15) is 0 Å². The summed E-state index contributed by atoms with van der Waals surface area (Å²) in [5, 5.41) is 2.76. The van der Waals surface area contributed by atoms with E-state index in [0.717, 1.165) is 10.8 Å². The summed E-state index contributed by atoms with van der Waals surface area (Å²) in [6.45, 7) is 4.19. The van der Waals surface area contributed by atoms with E-state index in [1.165, 1.54) is 0 Å². The summed E-state index contributed by atoms with van der Waals surface area (Å²) in [6, 6.07) is 12.7. The minimum atomic E-state index is -0.0939. The van der Waals surface area contributed by atoms with Gasteiger partial charge in [0, 0.05) is 5.39 Å². The molecule has 0 atom stereocenters. The highest BCUT2D eigenvalue weighted by Crippen LogP contribution is 2.40. The third-order valence-electron chi connectivity index (χ3n) is 4.35. The van der Waals surface area contributed by atoms with Gasteiger partial charge in [-0.1, -0.05) is 26.0 Å². The maximum absolute atomic E-state index is 12.9. The Labute approximate surface area is 149 Å². The van der Waals surface area contributed by atoms with Gasteiger partial charge in [-0.15, -0.1) is 0 Å². The minimum absolute atomic E-state index is 0.0939. The molecule has 0 radical (unpaired) electrons. The van der Waals surface area contributed by atoms with Gasteiger partial charge in [0.15, 0.2) is 22.8 Å². The monoisotopic (exact) mass is 350 g/mol. The van der Waals surface area contributed by atoms with Crippen LogP contribution in [0, 0.1) is 0 Å². The molecule has 5 rings (SSSR count). The number of hydrogen-bond acceptors (Lipinski definition) is 5. The van der Waals surface area contributed by atoms with Crippen LogP contribution in [0.3, 0.4) is 0 Å². The molecule has 0 N–H and O–H groups in total. The molecule has 5 heteroatoms. The lowest BCUT2D eigenvalue weighted by Crippen LogP contribution is -2.03. The molecule has 0 unspecified atom stereocenters. The molecule has 0 saturated heterocycles. The zero-order valence-corrected chi connectivity index (χ0v) is 14.8. The van der Waals surface area contributed by atoms with Crippen molar-refractivity contribution in [3.05, 3.63) is 52.7 Å². The molecular weight excluding hydrogens is 332 g/mol. The largest absolute Gasteiger partial charge is 0.493 e. The van der Waals surface area contributed by atoms with E-state index in [0.29, 0.717) is 39.2 Å².